The molecule has 0 spiro atoms. The molecule has 0 saturated heterocycles. The summed E-state index contributed by atoms with van der Waals surface area (Å²) in [4.78, 5) is 18.2. The smallest absolute Gasteiger partial charge is 0.257 e. The lowest BCUT2D eigenvalue weighted by molar-refractivity contribution is 0.0785. The summed E-state index contributed by atoms with van der Waals surface area (Å²) < 4.78 is 1.01. The van der Waals surface area contributed by atoms with E-state index in [1.54, 1.807) is 37.5 Å². The molecule has 1 heterocycles. The van der Waals surface area contributed by atoms with Crippen LogP contribution >= 0.6 is 15.9 Å². The first-order valence-corrected chi connectivity index (χ1v) is 7.03. The van der Waals surface area contributed by atoms with Gasteiger partial charge in [-0.3, -0.25) is 9.78 Å². The lowest BCUT2D eigenvalue weighted by atomic mass is 10.1. The Hall–Kier alpha value is -1.88. The van der Waals surface area contributed by atoms with E-state index in [4.69, 9.17) is 0 Å². The van der Waals surface area contributed by atoms with Crippen molar-refractivity contribution in [2.75, 3.05) is 19.4 Å². The molecule has 1 N–H and O–H groups in total. The molecule has 0 unspecified atom stereocenters. The Balaban J connectivity index is 2.16. The molecule has 0 bridgehead atoms. The van der Waals surface area contributed by atoms with Crippen LogP contribution in [0.2, 0.25) is 0 Å². The SMILES string of the molecule is CNc1ccncc1C(=O)N(C)Cc1cccc(Br)c1. The highest BCUT2D eigenvalue weighted by molar-refractivity contribution is 9.10. The minimum absolute atomic E-state index is 0.0533. The van der Waals surface area contributed by atoms with Crippen LogP contribution in [0.25, 0.3) is 0 Å². The molecule has 0 saturated carbocycles. The van der Waals surface area contributed by atoms with Gasteiger partial charge in [0.15, 0.2) is 0 Å². The van der Waals surface area contributed by atoms with E-state index in [0.29, 0.717) is 12.1 Å². The van der Waals surface area contributed by atoms with Crippen LogP contribution in [0.15, 0.2) is 47.2 Å². The van der Waals surface area contributed by atoms with Crippen molar-refractivity contribution in [2.45, 2.75) is 6.54 Å². The third-order valence-electron chi connectivity index (χ3n) is 2.98. The van der Waals surface area contributed by atoms with Crippen LogP contribution in [-0.2, 0) is 6.54 Å². The van der Waals surface area contributed by atoms with Gasteiger partial charge in [0.2, 0.25) is 0 Å². The summed E-state index contributed by atoms with van der Waals surface area (Å²) in [6.45, 7) is 0.552. The Labute approximate surface area is 127 Å². The molecule has 0 atom stereocenters. The van der Waals surface area contributed by atoms with Crippen molar-refractivity contribution < 1.29 is 4.79 Å². The third kappa shape index (κ3) is 3.36. The van der Waals surface area contributed by atoms with Gasteiger partial charge in [0.1, 0.15) is 0 Å². The van der Waals surface area contributed by atoms with Gasteiger partial charge in [0.05, 0.1) is 5.56 Å². The van der Waals surface area contributed by atoms with E-state index in [1.165, 1.54) is 0 Å². The van der Waals surface area contributed by atoms with Crippen molar-refractivity contribution in [2.24, 2.45) is 0 Å². The molecule has 0 radical (unpaired) electrons. The van der Waals surface area contributed by atoms with E-state index < -0.39 is 0 Å². The Morgan fingerprint density at radius 1 is 1.40 bits per heavy atom. The van der Waals surface area contributed by atoms with Crippen LogP contribution in [0.4, 0.5) is 5.69 Å². The van der Waals surface area contributed by atoms with Crippen LogP contribution in [0, 0.1) is 0 Å². The quantitative estimate of drug-likeness (QED) is 0.934. The second-order valence-electron chi connectivity index (χ2n) is 4.46. The molecule has 0 aliphatic heterocycles. The second kappa shape index (κ2) is 6.52. The highest BCUT2D eigenvalue weighted by Gasteiger charge is 2.15. The van der Waals surface area contributed by atoms with E-state index in [0.717, 1.165) is 15.7 Å². The van der Waals surface area contributed by atoms with Crippen LogP contribution in [0.5, 0.6) is 0 Å². The van der Waals surface area contributed by atoms with Crippen LogP contribution in [0.3, 0.4) is 0 Å². The van der Waals surface area contributed by atoms with Gasteiger partial charge in [-0.1, -0.05) is 28.1 Å². The first kappa shape index (κ1) is 14.5. The lowest BCUT2D eigenvalue weighted by Crippen LogP contribution is -2.27. The molecule has 0 aliphatic rings. The van der Waals surface area contributed by atoms with Crippen molar-refractivity contribution in [1.29, 1.82) is 0 Å². The Morgan fingerprint density at radius 3 is 2.90 bits per heavy atom. The average Bonchev–Trinajstić information content (AvgIpc) is 2.46. The molecule has 2 rings (SSSR count). The number of benzene rings is 1. The Bertz CT molecular complexity index is 616. The fraction of sp³-hybridized carbons (Fsp3) is 0.200. The van der Waals surface area contributed by atoms with Crippen molar-refractivity contribution in [3.63, 3.8) is 0 Å². The zero-order chi connectivity index (χ0) is 14.5. The zero-order valence-electron chi connectivity index (χ0n) is 11.4. The first-order chi connectivity index (χ1) is 9.61. The van der Waals surface area contributed by atoms with E-state index in [2.05, 4.69) is 26.2 Å². The number of nitrogens with one attached hydrogen (secondary N) is 1. The van der Waals surface area contributed by atoms with Gasteiger partial charge in [0, 0.05) is 43.2 Å². The van der Waals surface area contributed by atoms with Crippen molar-refractivity contribution in [3.8, 4) is 0 Å². The number of rotatable bonds is 4. The number of hydrogen-bond donors (Lipinski definition) is 1. The van der Waals surface area contributed by atoms with E-state index in [1.807, 2.05) is 24.3 Å². The first-order valence-electron chi connectivity index (χ1n) is 6.23. The monoisotopic (exact) mass is 333 g/mol. The number of carbonyl (C=O) groups is 1. The molecule has 0 aliphatic carbocycles. The maximum atomic E-state index is 12.4. The van der Waals surface area contributed by atoms with Crippen molar-refractivity contribution >= 4 is 27.5 Å². The largest absolute Gasteiger partial charge is 0.387 e. The van der Waals surface area contributed by atoms with Crippen molar-refractivity contribution in [3.05, 3.63) is 58.3 Å². The molecule has 5 heteroatoms. The molecule has 104 valence electrons. The van der Waals surface area contributed by atoms with Gasteiger partial charge in [-0.2, -0.15) is 0 Å². The molecular weight excluding hydrogens is 318 g/mol. The molecule has 0 fully saturated rings. The number of hydrogen-bond acceptors (Lipinski definition) is 3. The topological polar surface area (TPSA) is 45.2 Å². The van der Waals surface area contributed by atoms with Gasteiger partial charge in [-0.25, -0.2) is 0 Å². The fourth-order valence-corrected chi connectivity index (χ4v) is 2.42. The number of aromatic nitrogens is 1. The zero-order valence-corrected chi connectivity index (χ0v) is 13.0. The maximum Gasteiger partial charge on any atom is 0.257 e. The molecule has 1 aromatic heterocycles. The summed E-state index contributed by atoms with van der Waals surface area (Å²) >= 11 is 3.43. The lowest BCUT2D eigenvalue weighted by Gasteiger charge is -2.19. The Kier molecular flexibility index (Phi) is 4.74. The molecule has 20 heavy (non-hydrogen) atoms. The molecule has 4 nitrogen and oxygen atoms in total. The Morgan fingerprint density at radius 2 is 2.20 bits per heavy atom. The van der Waals surface area contributed by atoms with Gasteiger partial charge >= 0.3 is 0 Å². The summed E-state index contributed by atoms with van der Waals surface area (Å²) in [5.41, 5.74) is 2.43. The number of amides is 1. The van der Waals surface area contributed by atoms with Crippen LogP contribution in [-0.4, -0.2) is 29.9 Å². The highest BCUT2D eigenvalue weighted by Crippen LogP contribution is 2.17. The molecule has 1 aromatic carbocycles. The summed E-state index contributed by atoms with van der Waals surface area (Å²) in [7, 11) is 3.58. The maximum absolute atomic E-state index is 12.4. The van der Waals surface area contributed by atoms with E-state index in [-0.39, 0.29) is 5.91 Å². The summed E-state index contributed by atoms with van der Waals surface area (Å²) in [6.07, 6.45) is 3.25. The highest BCUT2D eigenvalue weighted by atomic mass is 79.9. The van der Waals surface area contributed by atoms with E-state index in [9.17, 15) is 4.79 Å². The van der Waals surface area contributed by atoms with Crippen LogP contribution in [0.1, 0.15) is 15.9 Å². The number of anilines is 1. The normalized spacial score (nSPS) is 10.2. The minimum atomic E-state index is -0.0533. The molecule has 2 aromatic rings. The number of nitrogens with zero attached hydrogens (tertiary/aromatic N) is 2. The van der Waals surface area contributed by atoms with Gasteiger partial charge < -0.3 is 10.2 Å². The minimum Gasteiger partial charge on any atom is -0.387 e. The predicted molar refractivity (Wildman–Crippen MR) is 83.7 cm³/mol. The standard InChI is InChI=1S/C15H16BrN3O/c1-17-14-6-7-18-9-13(14)15(20)19(2)10-11-4-3-5-12(16)8-11/h3-9H,10H2,1-2H3,(H,17,18). The molecule has 1 amide bonds. The summed E-state index contributed by atoms with van der Waals surface area (Å²) in [6, 6.07) is 9.72. The van der Waals surface area contributed by atoms with Crippen molar-refractivity contribution in [1.82, 2.24) is 9.88 Å². The second-order valence-corrected chi connectivity index (χ2v) is 5.38. The van der Waals surface area contributed by atoms with Gasteiger partial charge in [0.25, 0.3) is 5.91 Å². The summed E-state index contributed by atoms with van der Waals surface area (Å²) in [5.74, 6) is -0.0533. The third-order valence-corrected chi connectivity index (χ3v) is 3.47. The van der Waals surface area contributed by atoms with E-state index >= 15 is 0 Å². The number of halogens is 1. The molecular formula is C15H16BrN3O. The predicted octanol–water partition coefficient (Wildman–Crippen LogP) is 3.16. The number of pyridine rings is 1. The number of carbonyl (C=O) groups excluding carboxylic acids is 1. The average molecular weight is 334 g/mol. The summed E-state index contributed by atoms with van der Waals surface area (Å²) in [5, 5.41) is 3.01. The van der Waals surface area contributed by atoms with Gasteiger partial charge in [-0.05, 0) is 23.8 Å². The fourth-order valence-electron chi connectivity index (χ4n) is 1.97. The van der Waals surface area contributed by atoms with Gasteiger partial charge in [-0.15, -0.1) is 0 Å². The van der Waals surface area contributed by atoms with Crippen LogP contribution < -0.4 is 5.32 Å².